The van der Waals surface area contributed by atoms with E-state index in [0.29, 0.717) is 28.5 Å². The summed E-state index contributed by atoms with van der Waals surface area (Å²) >= 11 is 0. The Hall–Kier alpha value is -3.76. The molecule has 4 rings (SSSR count). The van der Waals surface area contributed by atoms with E-state index in [-0.39, 0.29) is 18.1 Å². The quantitative estimate of drug-likeness (QED) is 0.554. The molecule has 7 nitrogen and oxygen atoms in total. The second-order valence-corrected chi connectivity index (χ2v) is 7.12. The van der Waals surface area contributed by atoms with Gasteiger partial charge in [0.15, 0.2) is 5.82 Å². The second-order valence-electron chi connectivity index (χ2n) is 7.12. The van der Waals surface area contributed by atoms with Crippen molar-refractivity contribution < 1.29 is 27.1 Å². The van der Waals surface area contributed by atoms with Gasteiger partial charge in [0.2, 0.25) is 11.7 Å². The molecule has 0 bridgehead atoms. The van der Waals surface area contributed by atoms with Crippen LogP contribution in [0.3, 0.4) is 0 Å². The lowest BCUT2D eigenvalue weighted by Crippen LogP contribution is -2.46. The van der Waals surface area contributed by atoms with Crippen LogP contribution in [-0.2, 0) is 6.18 Å². The molecular formula is C21H17F4N5O2. The van der Waals surface area contributed by atoms with Crippen molar-refractivity contribution in [1.82, 2.24) is 15.0 Å². The Bertz CT molecular complexity index is 1220. The van der Waals surface area contributed by atoms with Crippen LogP contribution in [0.4, 0.5) is 34.8 Å². The van der Waals surface area contributed by atoms with Crippen LogP contribution in [0.15, 0.2) is 36.5 Å². The maximum Gasteiger partial charge on any atom is 0.451 e. The second kappa shape index (κ2) is 7.74. The smallest absolute Gasteiger partial charge is 0.451 e. The Balaban J connectivity index is 1.90. The van der Waals surface area contributed by atoms with Gasteiger partial charge in [0.25, 0.3) is 5.91 Å². The number of alkyl halides is 3. The first kappa shape index (κ1) is 21.5. The zero-order chi connectivity index (χ0) is 23.2. The van der Waals surface area contributed by atoms with E-state index in [1.165, 1.54) is 35.1 Å². The van der Waals surface area contributed by atoms with Gasteiger partial charge in [0, 0.05) is 18.0 Å². The van der Waals surface area contributed by atoms with Gasteiger partial charge in [-0.15, -0.1) is 0 Å². The lowest BCUT2D eigenvalue weighted by atomic mass is 10.1. The molecule has 0 fully saturated rings. The van der Waals surface area contributed by atoms with Gasteiger partial charge in [-0.1, -0.05) is 0 Å². The van der Waals surface area contributed by atoms with Crippen LogP contribution in [0.2, 0.25) is 0 Å². The average molecular weight is 447 g/mol. The molecule has 0 N–H and O–H groups in total. The summed E-state index contributed by atoms with van der Waals surface area (Å²) in [6, 6.07) is 7.07. The number of methoxy groups -OCH3 is 1. The number of anilines is 3. The Kier molecular flexibility index (Phi) is 5.19. The summed E-state index contributed by atoms with van der Waals surface area (Å²) < 4.78 is 58.6. The largest absolute Gasteiger partial charge is 0.481 e. The van der Waals surface area contributed by atoms with E-state index in [1.807, 2.05) is 0 Å². The highest BCUT2D eigenvalue weighted by Gasteiger charge is 2.40. The number of hydrogen-bond donors (Lipinski definition) is 0. The van der Waals surface area contributed by atoms with Crippen LogP contribution in [0.5, 0.6) is 5.88 Å². The van der Waals surface area contributed by atoms with E-state index in [2.05, 4.69) is 15.0 Å². The predicted molar refractivity (Wildman–Crippen MR) is 108 cm³/mol. The number of nitrogens with zero attached hydrogens (tertiary/aromatic N) is 5. The van der Waals surface area contributed by atoms with Gasteiger partial charge in [-0.3, -0.25) is 9.69 Å². The minimum atomic E-state index is -4.80. The molecule has 0 unspecified atom stereocenters. The fourth-order valence-corrected chi connectivity index (χ4v) is 3.51. The molecule has 32 heavy (non-hydrogen) atoms. The first-order valence-corrected chi connectivity index (χ1v) is 9.41. The fourth-order valence-electron chi connectivity index (χ4n) is 3.51. The van der Waals surface area contributed by atoms with E-state index < -0.39 is 23.7 Å². The maximum absolute atomic E-state index is 13.7. The van der Waals surface area contributed by atoms with Crippen LogP contribution in [-0.4, -0.2) is 34.6 Å². The molecule has 3 aromatic rings. The molecule has 2 aromatic heterocycles. The number of pyridine rings is 1. The molecule has 0 saturated heterocycles. The number of amides is 1. The van der Waals surface area contributed by atoms with Crippen LogP contribution in [0, 0.1) is 19.7 Å². The molecule has 0 atom stereocenters. The minimum absolute atomic E-state index is 0.122. The van der Waals surface area contributed by atoms with Gasteiger partial charge in [0.05, 0.1) is 18.5 Å². The standard InChI is InChI=1S/C21H17F4N5O2/c1-11-8-13(22)4-5-15(11)29-10-30(16-6-7-17(32-3)27-12(16)2)19(31)14-9-26-20(21(23,24)25)28-18(14)29/h4-9H,10H2,1-3H3. The van der Waals surface area contributed by atoms with E-state index in [0.717, 1.165) is 6.20 Å². The van der Waals surface area contributed by atoms with Gasteiger partial charge >= 0.3 is 6.18 Å². The summed E-state index contributed by atoms with van der Waals surface area (Å²) in [5, 5.41) is 0. The Morgan fingerprint density at radius 2 is 1.75 bits per heavy atom. The third-order valence-electron chi connectivity index (χ3n) is 5.02. The first-order valence-electron chi connectivity index (χ1n) is 9.41. The Morgan fingerprint density at radius 1 is 1.03 bits per heavy atom. The molecule has 1 amide bonds. The van der Waals surface area contributed by atoms with Crippen molar-refractivity contribution in [3.8, 4) is 5.88 Å². The Morgan fingerprint density at radius 3 is 2.38 bits per heavy atom. The average Bonchev–Trinajstić information content (AvgIpc) is 2.74. The minimum Gasteiger partial charge on any atom is -0.481 e. The number of fused-ring (bicyclic) bond motifs is 1. The van der Waals surface area contributed by atoms with Crippen LogP contribution in [0.25, 0.3) is 0 Å². The molecule has 166 valence electrons. The van der Waals surface area contributed by atoms with Crippen molar-refractivity contribution in [3.63, 3.8) is 0 Å². The molecule has 0 spiro atoms. The number of halogens is 4. The van der Waals surface area contributed by atoms with Crippen molar-refractivity contribution in [2.24, 2.45) is 0 Å². The van der Waals surface area contributed by atoms with E-state index >= 15 is 0 Å². The number of carbonyl (C=O) groups excluding carboxylic acids is 1. The maximum atomic E-state index is 13.7. The molecule has 3 heterocycles. The summed E-state index contributed by atoms with van der Waals surface area (Å²) in [5.41, 5.74) is 1.65. The van der Waals surface area contributed by atoms with Crippen molar-refractivity contribution in [3.05, 3.63) is 65.0 Å². The topological polar surface area (TPSA) is 71.5 Å². The molecule has 0 radical (unpaired) electrons. The van der Waals surface area contributed by atoms with Gasteiger partial charge in [-0.05, 0) is 43.7 Å². The third-order valence-corrected chi connectivity index (χ3v) is 5.02. The molecular weight excluding hydrogens is 430 g/mol. The number of benzene rings is 1. The number of aryl methyl sites for hydroxylation is 2. The lowest BCUT2D eigenvalue weighted by molar-refractivity contribution is -0.144. The van der Waals surface area contributed by atoms with Gasteiger partial charge in [-0.25, -0.2) is 19.3 Å². The number of aromatic nitrogens is 3. The van der Waals surface area contributed by atoms with Crippen molar-refractivity contribution in [2.45, 2.75) is 20.0 Å². The monoisotopic (exact) mass is 447 g/mol. The van der Waals surface area contributed by atoms with E-state index in [9.17, 15) is 22.4 Å². The summed E-state index contributed by atoms with van der Waals surface area (Å²) in [6.07, 6.45) is -3.94. The highest BCUT2D eigenvalue weighted by atomic mass is 19.4. The molecule has 1 aliphatic rings. The Labute approximate surface area is 180 Å². The first-order chi connectivity index (χ1) is 15.1. The normalized spacial score (nSPS) is 13.9. The molecule has 0 aliphatic carbocycles. The summed E-state index contributed by atoms with van der Waals surface area (Å²) in [5.74, 6) is -2.31. The number of ether oxygens (including phenoxy) is 1. The van der Waals surface area contributed by atoms with Crippen molar-refractivity contribution in [2.75, 3.05) is 23.6 Å². The summed E-state index contributed by atoms with van der Waals surface area (Å²) in [4.78, 5) is 27.3. The highest BCUT2D eigenvalue weighted by Crippen LogP contribution is 2.38. The van der Waals surface area contributed by atoms with E-state index in [4.69, 9.17) is 4.74 Å². The number of carbonyl (C=O) groups is 1. The molecule has 1 aromatic carbocycles. The van der Waals surface area contributed by atoms with Crippen LogP contribution >= 0.6 is 0 Å². The van der Waals surface area contributed by atoms with Crippen molar-refractivity contribution >= 4 is 23.1 Å². The molecule has 11 heteroatoms. The highest BCUT2D eigenvalue weighted by molar-refractivity contribution is 6.12. The van der Waals surface area contributed by atoms with Gasteiger partial charge < -0.3 is 9.64 Å². The lowest BCUT2D eigenvalue weighted by Gasteiger charge is -2.38. The zero-order valence-electron chi connectivity index (χ0n) is 17.2. The van der Waals surface area contributed by atoms with Gasteiger partial charge in [-0.2, -0.15) is 13.2 Å². The van der Waals surface area contributed by atoms with E-state index in [1.54, 1.807) is 26.0 Å². The molecule has 0 saturated carbocycles. The SMILES string of the molecule is COc1ccc(N2CN(c3ccc(F)cc3C)c3nc(C(F)(F)F)ncc3C2=O)c(C)n1. The van der Waals surface area contributed by atoms with Crippen LogP contribution in [0.1, 0.15) is 27.4 Å². The predicted octanol–water partition coefficient (Wildman–Crippen LogP) is 4.41. The summed E-state index contributed by atoms with van der Waals surface area (Å²) in [7, 11) is 1.46. The molecule has 1 aliphatic heterocycles. The zero-order valence-corrected chi connectivity index (χ0v) is 17.2. The number of hydrogen-bond acceptors (Lipinski definition) is 6. The van der Waals surface area contributed by atoms with Crippen LogP contribution < -0.4 is 14.5 Å². The van der Waals surface area contributed by atoms with Crippen molar-refractivity contribution in [1.29, 1.82) is 0 Å². The fraction of sp³-hybridized carbons (Fsp3) is 0.238. The summed E-state index contributed by atoms with van der Waals surface area (Å²) in [6.45, 7) is 3.13. The number of rotatable bonds is 3. The van der Waals surface area contributed by atoms with Gasteiger partial charge in [0.1, 0.15) is 18.0 Å². The third kappa shape index (κ3) is 3.70.